The molecule has 3 atom stereocenters. The molecular weight excluding hydrogens is 312 g/mol. The molecule has 1 aliphatic heterocycles. The highest BCUT2D eigenvalue weighted by Gasteiger charge is 2.32. The van der Waals surface area contributed by atoms with Crippen LogP contribution in [0.5, 0.6) is 0 Å². The maximum absolute atomic E-state index is 12.6. The van der Waals surface area contributed by atoms with Crippen molar-refractivity contribution in [2.45, 2.75) is 51.2 Å². The molecule has 1 N–H and O–H groups in total. The molecule has 0 bridgehead atoms. The van der Waals surface area contributed by atoms with Gasteiger partial charge >= 0.3 is 0 Å². The van der Waals surface area contributed by atoms with Crippen LogP contribution in [0.15, 0.2) is 36.5 Å². The Morgan fingerprint density at radius 3 is 3.04 bits per heavy atom. The molecule has 0 saturated carbocycles. The molecule has 0 unspecified atom stereocenters. The zero-order valence-electron chi connectivity index (χ0n) is 15.2. The number of pyridine rings is 1. The quantitative estimate of drug-likeness (QED) is 0.799. The van der Waals surface area contributed by atoms with Crippen LogP contribution in [0.3, 0.4) is 0 Å². The highest BCUT2D eigenvalue weighted by molar-refractivity contribution is 5.81. The fourth-order valence-corrected chi connectivity index (χ4v) is 3.87. The summed E-state index contributed by atoms with van der Waals surface area (Å²) in [4.78, 5) is 16.9. The molecule has 1 aliphatic rings. The predicted molar refractivity (Wildman–Crippen MR) is 101 cm³/mol. The van der Waals surface area contributed by atoms with Crippen LogP contribution in [0.2, 0.25) is 0 Å². The summed E-state index contributed by atoms with van der Waals surface area (Å²) in [7, 11) is 1.72. The van der Waals surface area contributed by atoms with Gasteiger partial charge in [-0.05, 0) is 56.0 Å². The van der Waals surface area contributed by atoms with Crippen LogP contribution in [0.4, 0.5) is 0 Å². The van der Waals surface area contributed by atoms with Crippen molar-refractivity contribution in [2.75, 3.05) is 13.7 Å². The van der Waals surface area contributed by atoms with E-state index in [0.29, 0.717) is 18.2 Å². The van der Waals surface area contributed by atoms with E-state index in [9.17, 15) is 4.79 Å². The zero-order chi connectivity index (χ0) is 17.6. The summed E-state index contributed by atoms with van der Waals surface area (Å²) >= 11 is 0. The summed E-state index contributed by atoms with van der Waals surface area (Å²) in [5, 5.41) is 4.62. The molecule has 134 valence electrons. The average Bonchev–Trinajstić information content (AvgIpc) is 3.16. The predicted octanol–water partition coefficient (Wildman–Crippen LogP) is 3.53. The molecule has 1 aromatic carbocycles. The average molecular weight is 340 g/mol. The molecule has 2 heterocycles. The van der Waals surface area contributed by atoms with Gasteiger partial charge in [-0.15, -0.1) is 0 Å². The lowest BCUT2D eigenvalue weighted by Crippen LogP contribution is -2.43. The number of benzene rings is 1. The summed E-state index contributed by atoms with van der Waals surface area (Å²) in [5.74, 6) is 0.254. The summed E-state index contributed by atoms with van der Waals surface area (Å²) < 4.78 is 5.64. The lowest BCUT2D eigenvalue weighted by atomic mass is 9.90. The van der Waals surface area contributed by atoms with Gasteiger partial charge in [0.1, 0.15) is 5.78 Å². The van der Waals surface area contributed by atoms with E-state index >= 15 is 0 Å². The Morgan fingerprint density at radius 2 is 2.28 bits per heavy atom. The van der Waals surface area contributed by atoms with E-state index < -0.39 is 0 Å². The monoisotopic (exact) mass is 340 g/mol. The number of aromatic nitrogens is 1. The van der Waals surface area contributed by atoms with Crippen LogP contribution < -0.4 is 5.32 Å². The van der Waals surface area contributed by atoms with Crippen LogP contribution in [0.25, 0.3) is 10.9 Å². The Balaban J connectivity index is 1.52. The van der Waals surface area contributed by atoms with Crippen LogP contribution in [0, 0.1) is 5.92 Å². The molecular formula is C21H28N2O2. The highest BCUT2D eigenvalue weighted by Crippen LogP contribution is 2.21. The van der Waals surface area contributed by atoms with Crippen LogP contribution in [0.1, 0.15) is 38.2 Å². The van der Waals surface area contributed by atoms with Crippen molar-refractivity contribution in [1.29, 1.82) is 0 Å². The topological polar surface area (TPSA) is 51.2 Å². The van der Waals surface area contributed by atoms with Crippen LogP contribution >= 0.6 is 0 Å². The molecule has 1 aromatic heterocycles. The van der Waals surface area contributed by atoms with Gasteiger partial charge in [0.25, 0.3) is 0 Å². The summed E-state index contributed by atoms with van der Waals surface area (Å²) in [6, 6.07) is 10.7. The van der Waals surface area contributed by atoms with Crippen molar-refractivity contribution in [3.05, 3.63) is 42.1 Å². The van der Waals surface area contributed by atoms with Gasteiger partial charge in [0.2, 0.25) is 0 Å². The minimum atomic E-state index is -0.0543. The number of fused-ring (bicyclic) bond motifs is 1. The van der Waals surface area contributed by atoms with E-state index in [1.54, 1.807) is 7.11 Å². The number of ether oxygens (including phenoxy) is 1. The van der Waals surface area contributed by atoms with Gasteiger partial charge in [-0.2, -0.15) is 0 Å². The van der Waals surface area contributed by atoms with Gasteiger partial charge in [-0.3, -0.25) is 9.78 Å². The van der Waals surface area contributed by atoms with E-state index in [1.807, 2.05) is 19.2 Å². The number of methoxy groups -OCH3 is 1. The second kappa shape index (κ2) is 8.54. The third kappa shape index (κ3) is 4.44. The lowest BCUT2D eigenvalue weighted by molar-refractivity contribution is -0.127. The van der Waals surface area contributed by atoms with Gasteiger partial charge in [-0.1, -0.05) is 19.1 Å². The minimum Gasteiger partial charge on any atom is -0.379 e. The Kier molecular flexibility index (Phi) is 6.16. The number of rotatable bonds is 8. The van der Waals surface area contributed by atoms with Crippen molar-refractivity contribution >= 4 is 16.7 Å². The summed E-state index contributed by atoms with van der Waals surface area (Å²) in [5.41, 5.74) is 2.28. The van der Waals surface area contributed by atoms with Crippen molar-refractivity contribution in [3.8, 4) is 0 Å². The minimum absolute atomic E-state index is 0.0123. The standard InChI is InChI=1S/C21H28N2O2/c1-15(21(25-2)19-8-5-13-23-19)20(24)9-3-6-16-10-11-18-17(14-16)7-4-12-22-18/h4,7,10-12,14-15,19,21,23H,3,5-6,8-9,13H2,1-2H3/t15-,19-,21+/m0/s1. The van der Waals surface area contributed by atoms with Gasteiger partial charge in [0, 0.05) is 37.1 Å². The molecule has 1 saturated heterocycles. The Bertz CT molecular complexity index is 710. The molecule has 0 aliphatic carbocycles. The number of nitrogens with zero attached hydrogens (tertiary/aromatic N) is 1. The molecule has 1 fully saturated rings. The fourth-order valence-electron chi connectivity index (χ4n) is 3.87. The Hall–Kier alpha value is -1.78. The number of Topliss-reactive ketones (excluding diaryl/α,β-unsaturated/α-hetero) is 1. The molecule has 0 amide bonds. The molecule has 25 heavy (non-hydrogen) atoms. The van der Waals surface area contributed by atoms with Gasteiger partial charge in [-0.25, -0.2) is 0 Å². The maximum Gasteiger partial charge on any atom is 0.138 e. The first kappa shape index (κ1) is 18.0. The molecule has 4 nitrogen and oxygen atoms in total. The Labute approximate surface area is 150 Å². The second-order valence-electron chi connectivity index (χ2n) is 7.04. The highest BCUT2D eigenvalue weighted by atomic mass is 16.5. The number of ketones is 1. The normalized spacial score (nSPS) is 19.8. The van der Waals surface area contributed by atoms with Crippen LogP contribution in [-0.4, -0.2) is 36.6 Å². The molecule has 3 rings (SSSR count). The van der Waals surface area contributed by atoms with E-state index in [-0.39, 0.29) is 12.0 Å². The Morgan fingerprint density at radius 1 is 1.40 bits per heavy atom. The number of hydrogen-bond donors (Lipinski definition) is 1. The molecule has 4 heteroatoms. The molecule has 0 radical (unpaired) electrons. The molecule has 0 spiro atoms. The number of hydrogen-bond acceptors (Lipinski definition) is 4. The second-order valence-corrected chi connectivity index (χ2v) is 7.04. The van der Waals surface area contributed by atoms with E-state index in [0.717, 1.165) is 36.7 Å². The smallest absolute Gasteiger partial charge is 0.138 e. The maximum atomic E-state index is 12.6. The van der Waals surface area contributed by atoms with Crippen molar-refractivity contribution in [2.24, 2.45) is 5.92 Å². The van der Waals surface area contributed by atoms with Crippen LogP contribution in [-0.2, 0) is 16.0 Å². The number of carbonyl (C=O) groups excluding carboxylic acids is 1. The third-order valence-corrected chi connectivity index (χ3v) is 5.32. The third-order valence-electron chi connectivity index (χ3n) is 5.32. The number of aryl methyl sites for hydroxylation is 1. The summed E-state index contributed by atoms with van der Waals surface area (Å²) in [6.45, 7) is 3.04. The van der Waals surface area contributed by atoms with E-state index in [1.165, 1.54) is 12.0 Å². The van der Waals surface area contributed by atoms with Gasteiger partial charge in [0.15, 0.2) is 0 Å². The largest absolute Gasteiger partial charge is 0.379 e. The van der Waals surface area contributed by atoms with Crippen molar-refractivity contribution < 1.29 is 9.53 Å². The van der Waals surface area contributed by atoms with E-state index in [4.69, 9.17) is 4.74 Å². The zero-order valence-corrected chi connectivity index (χ0v) is 15.2. The number of nitrogens with one attached hydrogen (secondary N) is 1. The van der Waals surface area contributed by atoms with Gasteiger partial charge < -0.3 is 10.1 Å². The van der Waals surface area contributed by atoms with Crippen molar-refractivity contribution in [3.63, 3.8) is 0 Å². The SMILES string of the molecule is CO[C@@H]([C@@H]1CCCN1)[C@@H](C)C(=O)CCCc1ccc2ncccc2c1. The lowest BCUT2D eigenvalue weighted by Gasteiger charge is -2.27. The number of carbonyl (C=O) groups is 1. The fraction of sp³-hybridized carbons (Fsp3) is 0.524. The summed E-state index contributed by atoms with van der Waals surface area (Å²) in [6.07, 6.45) is 6.48. The first-order chi connectivity index (χ1) is 12.2. The van der Waals surface area contributed by atoms with Crippen molar-refractivity contribution in [1.82, 2.24) is 10.3 Å². The first-order valence-electron chi connectivity index (χ1n) is 9.31. The van der Waals surface area contributed by atoms with E-state index in [2.05, 4.69) is 34.6 Å². The van der Waals surface area contributed by atoms with Gasteiger partial charge in [0.05, 0.1) is 11.6 Å². The molecule has 2 aromatic rings. The first-order valence-corrected chi connectivity index (χ1v) is 9.31.